The minimum atomic E-state index is -1.06. The lowest BCUT2D eigenvalue weighted by atomic mass is 10.1. The maximum absolute atomic E-state index is 12.9. The summed E-state index contributed by atoms with van der Waals surface area (Å²) in [5, 5.41) is 28.5. The molecule has 0 radical (unpaired) electrons. The van der Waals surface area contributed by atoms with E-state index in [-0.39, 0.29) is 5.56 Å². The number of hydrogen-bond acceptors (Lipinski definition) is 5. The molecule has 0 bridgehead atoms. The quantitative estimate of drug-likeness (QED) is 0.501. The molecule has 0 amide bonds. The molecule has 0 saturated heterocycles. The number of nitro groups is 1. The van der Waals surface area contributed by atoms with Gasteiger partial charge in [0, 0.05) is 5.56 Å². The topological polar surface area (TPSA) is 110 Å². The van der Waals surface area contributed by atoms with Gasteiger partial charge in [0.25, 0.3) is 0 Å². The third kappa shape index (κ3) is 2.20. The van der Waals surface area contributed by atoms with Crippen molar-refractivity contribution in [3.05, 3.63) is 33.6 Å². The highest BCUT2D eigenvalue weighted by Gasteiger charge is 2.22. The summed E-state index contributed by atoms with van der Waals surface area (Å²) in [6, 6.07) is 0.381. The fourth-order valence-electron chi connectivity index (χ4n) is 1.13. The molecule has 7 heteroatoms. The van der Waals surface area contributed by atoms with Crippen molar-refractivity contribution in [2.45, 2.75) is 6.04 Å². The molecule has 1 aromatic rings. The summed E-state index contributed by atoms with van der Waals surface area (Å²) in [7, 11) is 0. The van der Waals surface area contributed by atoms with E-state index in [1.165, 1.54) is 0 Å². The van der Waals surface area contributed by atoms with Crippen LogP contribution in [0.2, 0.25) is 0 Å². The number of halogens is 1. The Morgan fingerprint density at radius 1 is 1.60 bits per heavy atom. The van der Waals surface area contributed by atoms with Gasteiger partial charge < -0.3 is 15.9 Å². The molecule has 82 valence electrons. The second kappa shape index (κ2) is 4.20. The molecule has 0 aromatic heterocycles. The highest BCUT2D eigenvalue weighted by atomic mass is 19.1. The second-order valence-corrected chi connectivity index (χ2v) is 2.91. The molecule has 6 nitrogen and oxygen atoms in total. The van der Waals surface area contributed by atoms with E-state index in [9.17, 15) is 19.6 Å². The Kier molecular flexibility index (Phi) is 3.17. The smallest absolute Gasteiger partial charge is 0.313 e. The molecule has 4 N–H and O–H groups in total. The van der Waals surface area contributed by atoms with Crippen molar-refractivity contribution in [2.24, 2.45) is 5.73 Å². The van der Waals surface area contributed by atoms with Crippen LogP contribution in [-0.4, -0.2) is 21.7 Å². The van der Waals surface area contributed by atoms with Crippen LogP contribution in [0.1, 0.15) is 11.6 Å². The highest BCUT2D eigenvalue weighted by molar-refractivity contribution is 5.52. The van der Waals surface area contributed by atoms with Crippen molar-refractivity contribution in [2.75, 3.05) is 6.61 Å². The average molecular weight is 216 g/mol. The summed E-state index contributed by atoms with van der Waals surface area (Å²) < 4.78 is 12.9. The Hall–Kier alpha value is -1.73. The Morgan fingerprint density at radius 3 is 2.67 bits per heavy atom. The van der Waals surface area contributed by atoms with E-state index in [2.05, 4.69) is 0 Å². The summed E-state index contributed by atoms with van der Waals surface area (Å²) in [6.45, 7) is -0.547. The number of rotatable bonds is 3. The van der Waals surface area contributed by atoms with Crippen LogP contribution in [0.15, 0.2) is 12.1 Å². The zero-order valence-electron chi connectivity index (χ0n) is 7.55. The molecule has 0 fully saturated rings. The predicted molar refractivity (Wildman–Crippen MR) is 48.7 cm³/mol. The zero-order chi connectivity index (χ0) is 11.6. The molecule has 1 rings (SSSR count). The summed E-state index contributed by atoms with van der Waals surface area (Å²) in [4.78, 5) is 9.49. The number of nitrogens with zero attached hydrogens (tertiary/aromatic N) is 1. The first kappa shape index (κ1) is 11.3. The first-order valence-electron chi connectivity index (χ1n) is 4.00. The Morgan fingerprint density at radius 2 is 2.20 bits per heavy atom. The molecule has 0 saturated carbocycles. The minimum Gasteiger partial charge on any atom is -0.502 e. The largest absolute Gasteiger partial charge is 0.502 e. The molecule has 1 atom stereocenters. The Balaban J connectivity index is 3.34. The first-order valence-corrected chi connectivity index (χ1v) is 4.00. The molecule has 15 heavy (non-hydrogen) atoms. The molecule has 1 aromatic carbocycles. The lowest BCUT2D eigenvalue weighted by Gasteiger charge is -2.10. The number of nitro benzene ring substituents is 1. The van der Waals surface area contributed by atoms with Crippen molar-refractivity contribution < 1.29 is 19.5 Å². The van der Waals surface area contributed by atoms with Gasteiger partial charge >= 0.3 is 5.69 Å². The van der Waals surface area contributed by atoms with Crippen molar-refractivity contribution in [3.63, 3.8) is 0 Å². The first-order chi connectivity index (χ1) is 6.97. The lowest BCUT2D eigenvalue weighted by Crippen LogP contribution is -2.15. The van der Waals surface area contributed by atoms with E-state index in [0.29, 0.717) is 6.07 Å². The molecular weight excluding hydrogens is 207 g/mol. The number of hydrogen-bond donors (Lipinski definition) is 3. The van der Waals surface area contributed by atoms with Gasteiger partial charge in [0.05, 0.1) is 23.6 Å². The van der Waals surface area contributed by atoms with Crippen LogP contribution in [0.3, 0.4) is 0 Å². The van der Waals surface area contributed by atoms with Crippen molar-refractivity contribution in [1.29, 1.82) is 0 Å². The number of nitrogens with two attached hydrogens (primary N) is 1. The normalized spacial score (nSPS) is 12.5. The third-order valence-corrected chi connectivity index (χ3v) is 1.88. The van der Waals surface area contributed by atoms with Gasteiger partial charge in [0.1, 0.15) is 5.82 Å². The van der Waals surface area contributed by atoms with E-state index >= 15 is 0 Å². The fourth-order valence-corrected chi connectivity index (χ4v) is 1.13. The number of aliphatic hydroxyl groups is 1. The van der Waals surface area contributed by atoms with E-state index in [1.807, 2.05) is 0 Å². The van der Waals surface area contributed by atoms with Crippen LogP contribution in [0.5, 0.6) is 5.75 Å². The van der Waals surface area contributed by atoms with E-state index < -0.39 is 34.8 Å². The van der Waals surface area contributed by atoms with Gasteiger partial charge in [-0.15, -0.1) is 0 Å². The molecular formula is C8H9FN2O4. The number of phenols is 1. The van der Waals surface area contributed by atoms with Gasteiger partial charge in [-0.2, -0.15) is 0 Å². The van der Waals surface area contributed by atoms with Crippen LogP contribution >= 0.6 is 0 Å². The van der Waals surface area contributed by atoms with Crippen molar-refractivity contribution >= 4 is 5.69 Å². The zero-order valence-corrected chi connectivity index (χ0v) is 7.55. The molecule has 0 heterocycles. The average Bonchev–Trinajstić information content (AvgIpc) is 2.19. The standard InChI is InChI=1S/C8H9FN2O4/c9-4-1-5(6(10)3-12)8(13)7(2-4)11(14)15/h1-2,6,12-13H,3,10H2. The summed E-state index contributed by atoms with van der Waals surface area (Å²) >= 11 is 0. The molecule has 0 aliphatic heterocycles. The summed E-state index contributed by atoms with van der Waals surface area (Å²) in [5.74, 6) is -1.61. The summed E-state index contributed by atoms with van der Waals surface area (Å²) in [5.41, 5.74) is 4.37. The van der Waals surface area contributed by atoms with E-state index in [4.69, 9.17) is 10.8 Å². The van der Waals surface area contributed by atoms with Gasteiger partial charge in [0.2, 0.25) is 0 Å². The Bertz CT molecular complexity index is 396. The van der Waals surface area contributed by atoms with Gasteiger partial charge in [-0.1, -0.05) is 0 Å². The van der Waals surface area contributed by atoms with Gasteiger partial charge in [-0.3, -0.25) is 10.1 Å². The van der Waals surface area contributed by atoms with Crippen LogP contribution in [0, 0.1) is 15.9 Å². The predicted octanol–water partition coefficient (Wildman–Crippen LogP) is 0.432. The molecule has 0 aliphatic rings. The van der Waals surface area contributed by atoms with Gasteiger partial charge in [-0.05, 0) is 6.07 Å². The molecule has 0 spiro atoms. The SMILES string of the molecule is NC(CO)c1cc(F)cc([N+](=O)[O-])c1O. The van der Waals surface area contributed by atoms with Crippen LogP contribution < -0.4 is 5.73 Å². The third-order valence-electron chi connectivity index (χ3n) is 1.88. The fraction of sp³-hybridized carbons (Fsp3) is 0.250. The number of benzene rings is 1. The second-order valence-electron chi connectivity index (χ2n) is 2.91. The van der Waals surface area contributed by atoms with Crippen LogP contribution in [0.25, 0.3) is 0 Å². The van der Waals surface area contributed by atoms with E-state index in [1.54, 1.807) is 0 Å². The number of phenolic OH excluding ortho intramolecular Hbond substituents is 1. The van der Waals surface area contributed by atoms with Gasteiger partial charge in [-0.25, -0.2) is 4.39 Å². The summed E-state index contributed by atoms with van der Waals surface area (Å²) in [6.07, 6.45) is 0. The number of aromatic hydroxyl groups is 1. The number of aliphatic hydroxyl groups excluding tert-OH is 1. The molecule has 0 aliphatic carbocycles. The monoisotopic (exact) mass is 216 g/mol. The maximum atomic E-state index is 12.9. The highest BCUT2D eigenvalue weighted by Crippen LogP contribution is 2.33. The minimum absolute atomic E-state index is 0.191. The van der Waals surface area contributed by atoms with Crippen LogP contribution in [-0.2, 0) is 0 Å². The molecule has 1 unspecified atom stereocenters. The Labute approximate surface area is 83.9 Å². The lowest BCUT2D eigenvalue weighted by molar-refractivity contribution is -0.386. The van der Waals surface area contributed by atoms with Crippen molar-refractivity contribution in [3.8, 4) is 5.75 Å². The van der Waals surface area contributed by atoms with Gasteiger partial charge in [0.15, 0.2) is 5.75 Å². The van der Waals surface area contributed by atoms with E-state index in [0.717, 1.165) is 6.07 Å². The van der Waals surface area contributed by atoms with Crippen LogP contribution in [0.4, 0.5) is 10.1 Å². The van der Waals surface area contributed by atoms with Crippen molar-refractivity contribution in [1.82, 2.24) is 0 Å². The maximum Gasteiger partial charge on any atom is 0.313 e.